The molecule has 0 rings (SSSR count). The number of hydrogen-bond acceptors (Lipinski definition) is 5. The molecule has 0 aliphatic rings. The molecule has 0 bridgehead atoms. The highest BCUT2D eigenvalue weighted by molar-refractivity contribution is 5.76. The normalized spacial score (nSPS) is 12.5. The van der Waals surface area contributed by atoms with Crippen LogP contribution in [-0.2, 0) is 14.3 Å². The molecule has 0 heterocycles. The Labute approximate surface area is 551 Å². The molecular weight excluding hydrogens is 1080 g/mol. The Kier molecular flexibility index (Phi) is 76.3. The van der Waals surface area contributed by atoms with Crippen molar-refractivity contribution in [2.75, 3.05) is 13.2 Å². The van der Waals surface area contributed by atoms with Crippen molar-refractivity contribution < 1.29 is 24.5 Å². The monoisotopic (exact) mass is 1240 g/mol. The van der Waals surface area contributed by atoms with Crippen LogP contribution < -0.4 is 5.32 Å². The zero-order chi connectivity index (χ0) is 63.5. The van der Waals surface area contributed by atoms with Crippen LogP contribution in [0.2, 0.25) is 0 Å². The van der Waals surface area contributed by atoms with Crippen LogP contribution in [0.25, 0.3) is 0 Å². The first-order valence-electron chi connectivity index (χ1n) is 40.6. The Bertz CT molecular complexity index is 1380. The SMILES string of the molecule is CCCCCCCCCCCCCCCCCCCC/C=C/C(O)C(CO)NC(=O)CCCCCCCCCCCCCCCCCC/C=C\CCCCCCCCCCCCCCOC(=O)CCCCCCCCCCCCCCCCCCCCC. The van der Waals surface area contributed by atoms with Crippen molar-refractivity contribution in [1.29, 1.82) is 0 Å². The summed E-state index contributed by atoms with van der Waals surface area (Å²) in [7, 11) is 0. The summed E-state index contributed by atoms with van der Waals surface area (Å²) >= 11 is 0. The average Bonchev–Trinajstić information content (AvgIpc) is 3.58. The van der Waals surface area contributed by atoms with Crippen LogP contribution in [-0.4, -0.2) is 47.4 Å². The second kappa shape index (κ2) is 77.8. The smallest absolute Gasteiger partial charge is 0.305 e. The van der Waals surface area contributed by atoms with Crippen LogP contribution in [0.15, 0.2) is 24.3 Å². The van der Waals surface area contributed by atoms with E-state index in [1.807, 2.05) is 6.08 Å². The van der Waals surface area contributed by atoms with Crippen molar-refractivity contribution in [3.63, 3.8) is 0 Å². The molecule has 0 radical (unpaired) electrons. The number of rotatable bonds is 77. The van der Waals surface area contributed by atoms with Gasteiger partial charge in [-0.2, -0.15) is 0 Å². The fourth-order valence-corrected chi connectivity index (χ4v) is 13.0. The Morgan fingerprint density at radius 2 is 0.534 bits per heavy atom. The van der Waals surface area contributed by atoms with Crippen LogP contribution >= 0.6 is 0 Å². The second-order valence-corrected chi connectivity index (χ2v) is 28.1. The number of aliphatic hydroxyl groups excluding tert-OH is 2. The summed E-state index contributed by atoms with van der Waals surface area (Å²) in [4.78, 5) is 24.7. The molecule has 0 aliphatic heterocycles. The van der Waals surface area contributed by atoms with E-state index in [1.165, 1.54) is 398 Å². The minimum atomic E-state index is -0.843. The highest BCUT2D eigenvalue weighted by atomic mass is 16.5. The molecule has 0 saturated carbocycles. The van der Waals surface area contributed by atoms with Crippen LogP contribution in [0.3, 0.4) is 0 Å². The van der Waals surface area contributed by atoms with E-state index >= 15 is 0 Å². The van der Waals surface area contributed by atoms with Crippen molar-refractivity contribution in [1.82, 2.24) is 5.32 Å². The van der Waals surface area contributed by atoms with Gasteiger partial charge in [-0.25, -0.2) is 0 Å². The number of amides is 1. The molecule has 522 valence electrons. The summed E-state index contributed by atoms with van der Waals surface area (Å²) in [6.45, 7) is 4.96. The Morgan fingerprint density at radius 1 is 0.307 bits per heavy atom. The van der Waals surface area contributed by atoms with E-state index in [1.54, 1.807) is 6.08 Å². The van der Waals surface area contributed by atoms with E-state index in [-0.39, 0.29) is 18.5 Å². The number of unbranched alkanes of at least 4 members (excludes halogenated alkanes) is 64. The lowest BCUT2D eigenvalue weighted by Gasteiger charge is -2.20. The number of hydrogen-bond donors (Lipinski definition) is 3. The maximum absolute atomic E-state index is 12.5. The molecule has 0 aromatic carbocycles. The minimum Gasteiger partial charge on any atom is -0.466 e. The van der Waals surface area contributed by atoms with Gasteiger partial charge >= 0.3 is 5.97 Å². The Morgan fingerprint density at radius 3 is 0.807 bits per heavy atom. The molecule has 88 heavy (non-hydrogen) atoms. The number of aliphatic hydroxyl groups is 2. The quantitative estimate of drug-likeness (QED) is 0.0320. The van der Waals surface area contributed by atoms with Gasteiger partial charge in [0.05, 0.1) is 25.4 Å². The van der Waals surface area contributed by atoms with Crippen molar-refractivity contribution in [2.45, 2.75) is 475 Å². The Balaban J connectivity index is 3.35. The third-order valence-corrected chi connectivity index (χ3v) is 19.2. The fraction of sp³-hybridized carbons (Fsp3) is 0.927. The van der Waals surface area contributed by atoms with Gasteiger partial charge in [-0.05, 0) is 57.8 Å². The number of esters is 1. The first-order valence-corrected chi connectivity index (χ1v) is 40.6. The number of carbonyl (C=O) groups excluding carboxylic acids is 2. The first kappa shape index (κ1) is 86.3. The summed E-state index contributed by atoms with van der Waals surface area (Å²) < 4.78 is 5.52. The van der Waals surface area contributed by atoms with Gasteiger partial charge in [0.1, 0.15) is 0 Å². The molecule has 2 unspecified atom stereocenters. The first-order chi connectivity index (χ1) is 43.5. The molecule has 0 spiro atoms. The van der Waals surface area contributed by atoms with E-state index in [2.05, 4.69) is 31.3 Å². The van der Waals surface area contributed by atoms with Gasteiger partial charge in [0.2, 0.25) is 5.91 Å². The standard InChI is InChI=1S/C82H159NO5/c1-3-5-7-9-11-13-15-17-19-21-23-39-42-46-50-54-58-62-66-70-74-80(85)79(78-84)83-81(86)75-71-67-63-59-55-51-47-43-40-36-34-32-30-28-26-24-25-27-29-31-33-35-37-41-45-49-53-57-61-65-69-73-77-88-82(87)76-72-68-64-60-56-52-48-44-38-22-20-18-16-14-12-10-8-6-4-2/h27,29,70,74,79-80,84-85H,3-26,28,30-69,71-73,75-78H2,1-2H3,(H,83,86)/b29-27-,74-70+. The Hall–Kier alpha value is -1.66. The summed E-state index contributed by atoms with van der Waals surface area (Å²) in [5.74, 6) is -0.0368. The highest BCUT2D eigenvalue weighted by Crippen LogP contribution is 2.20. The minimum absolute atomic E-state index is 0.0239. The summed E-state index contributed by atoms with van der Waals surface area (Å²) in [5.41, 5.74) is 0. The van der Waals surface area contributed by atoms with E-state index in [0.717, 1.165) is 38.5 Å². The molecule has 1 amide bonds. The summed E-state index contributed by atoms with van der Waals surface area (Å²) in [5, 5.41) is 23.3. The van der Waals surface area contributed by atoms with Crippen LogP contribution in [0.1, 0.15) is 463 Å². The fourth-order valence-electron chi connectivity index (χ4n) is 13.0. The maximum Gasteiger partial charge on any atom is 0.305 e. The molecule has 0 fully saturated rings. The lowest BCUT2D eigenvalue weighted by Crippen LogP contribution is -2.45. The molecule has 0 aromatic rings. The summed E-state index contributed by atoms with van der Waals surface area (Å²) in [6, 6.07) is -0.627. The number of nitrogens with one attached hydrogen (secondary N) is 1. The zero-order valence-corrected chi connectivity index (χ0v) is 60.0. The van der Waals surface area contributed by atoms with Gasteiger partial charge in [-0.3, -0.25) is 9.59 Å². The topological polar surface area (TPSA) is 95.9 Å². The molecule has 6 nitrogen and oxygen atoms in total. The molecule has 3 N–H and O–H groups in total. The van der Waals surface area contributed by atoms with Crippen LogP contribution in [0.5, 0.6) is 0 Å². The third-order valence-electron chi connectivity index (χ3n) is 19.2. The zero-order valence-electron chi connectivity index (χ0n) is 60.0. The largest absolute Gasteiger partial charge is 0.466 e. The predicted octanol–water partition coefficient (Wildman–Crippen LogP) is 26.8. The molecule has 0 aromatic heterocycles. The lowest BCUT2D eigenvalue weighted by molar-refractivity contribution is -0.143. The summed E-state index contributed by atoms with van der Waals surface area (Å²) in [6.07, 6.45) is 100. The van der Waals surface area contributed by atoms with Crippen LogP contribution in [0.4, 0.5) is 0 Å². The predicted molar refractivity (Wildman–Crippen MR) is 389 cm³/mol. The molecule has 6 heteroatoms. The molecular formula is C82H159NO5. The van der Waals surface area contributed by atoms with Gasteiger partial charge < -0.3 is 20.3 Å². The molecule has 0 aliphatic carbocycles. The van der Waals surface area contributed by atoms with Gasteiger partial charge in [0.15, 0.2) is 0 Å². The van der Waals surface area contributed by atoms with E-state index < -0.39 is 12.1 Å². The van der Waals surface area contributed by atoms with Crippen molar-refractivity contribution >= 4 is 11.9 Å². The van der Waals surface area contributed by atoms with Gasteiger partial charge in [0.25, 0.3) is 0 Å². The van der Waals surface area contributed by atoms with Crippen molar-refractivity contribution in [3.05, 3.63) is 24.3 Å². The van der Waals surface area contributed by atoms with E-state index in [4.69, 9.17) is 4.74 Å². The second-order valence-electron chi connectivity index (χ2n) is 28.1. The van der Waals surface area contributed by atoms with Crippen molar-refractivity contribution in [2.24, 2.45) is 0 Å². The average molecular weight is 1240 g/mol. The highest BCUT2D eigenvalue weighted by Gasteiger charge is 2.18. The number of ether oxygens (including phenoxy) is 1. The van der Waals surface area contributed by atoms with Crippen LogP contribution in [0, 0.1) is 0 Å². The van der Waals surface area contributed by atoms with E-state index in [9.17, 15) is 19.8 Å². The molecule has 0 saturated heterocycles. The van der Waals surface area contributed by atoms with Crippen molar-refractivity contribution in [3.8, 4) is 0 Å². The molecule has 2 atom stereocenters. The maximum atomic E-state index is 12.5. The number of carbonyl (C=O) groups is 2. The lowest BCUT2D eigenvalue weighted by atomic mass is 10.0. The number of allylic oxidation sites excluding steroid dienone is 3. The third kappa shape index (κ3) is 73.4. The van der Waals surface area contributed by atoms with Gasteiger partial charge in [0, 0.05) is 12.8 Å². The van der Waals surface area contributed by atoms with Gasteiger partial charge in [-0.1, -0.05) is 417 Å². The van der Waals surface area contributed by atoms with Gasteiger partial charge in [-0.15, -0.1) is 0 Å². The van der Waals surface area contributed by atoms with E-state index in [0.29, 0.717) is 19.4 Å².